The summed E-state index contributed by atoms with van der Waals surface area (Å²) in [6, 6.07) is 0.708. The second-order valence-electron chi connectivity index (χ2n) is 7.54. The van der Waals surface area contributed by atoms with Crippen molar-refractivity contribution in [1.82, 2.24) is 15.5 Å². The van der Waals surface area contributed by atoms with Gasteiger partial charge in [-0.1, -0.05) is 20.3 Å². The van der Waals surface area contributed by atoms with Crippen LogP contribution < -0.4 is 10.6 Å². The maximum atomic E-state index is 9.24. The van der Waals surface area contributed by atoms with Crippen LogP contribution in [0.1, 0.15) is 59.8 Å². The van der Waals surface area contributed by atoms with E-state index in [0.29, 0.717) is 17.9 Å². The minimum Gasteiger partial charge on any atom is -0.396 e. The molecule has 5 nitrogen and oxygen atoms in total. The Morgan fingerprint density at radius 1 is 1.29 bits per heavy atom. The Kier molecular flexibility index (Phi) is 11.1. The fourth-order valence-corrected chi connectivity index (χ4v) is 3.50. The molecule has 24 heavy (non-hydrogen) atoms. The molecule has 5 heteroatoms. The van der Waals surface area contributed by atoms with Crippen LogP contribution in [0, 0.1) is 11.8 Å². The van der Waals surface area contributed by atoms with Crippen LogP contribution in [0.2, 0.25) is 0 Å². The van der Waals surface area contributed by atoms with E-state index in [0.717, 1.165) is 45.0 Å². The van der Waals surface area contributed by atoms with Crippen LogP contribution in [0.3, 0.4) is 0 Å². The monoisotopic (exact) mass is 340 g/mol. The highest BCUT2D eigenvalue weighted by Crippen LogP contribution is 2.16. The predicted octanol–water partition coefficient (Wildman–Crippen LogP) is 2.46. The smallest absolute Gasteiger partial charge is 0.191 e. The Labute approximate surface area is 149 Å². The molecule has 142 valence electrons. The molecular formula is C19H40N4O. The highest BCUT2D eigenvalue weighted by atomic mass is 16.3. The van der Waals surface area contributed by atoms with Crippen LogP contribution in [0.4, 0.5) is 0 Å². The molecule has 2 unspecified atom stereocenters. The first kappa shape index (κ1) is 21.2. The molecule has 0 aromatic rings. The Morgan fingerprint density at radius 3 is 2.71 bits per heavy atom. The molecule has 2 atom stereocenters. The largest absolute Gasteiger partial charge is 0.396 e. The van der Waals surface area contributed by atoms with Crippen LogP contribution >= 0.6 is 0 Å². The molecule has 3 N–H and O–H groups in total. The molecule has 1 fully saturated rings. The summed E-state index contributed by atoms with van der Waals surface area (Å²) in [5.74, 6) is 2.02. The molecule has 0 aromatic carbocycles. The second kappa shape index (κ2) is 12.5. The molecule has 1 heterocycles. The van der Waals surface area contributed by atoms with E-state index < -0.39 is 0 Å². The number of aliphatic hydroxyl groups is 1. The van der Waals surface area contributed by atoms with Gasteiger partial charge in [0.2, 0.25) is 0 Å². The van der Waals surface area contributed by atoms with Gasteiger partial charge in [-0.15, -0.1) is 0 Å². The number of aliphatic imine (C=N–C) groups is 1. The minimum atomic E-state index is 0.254. The Morgan fingerprint density at radius 2 is 2.08 bits per heavy atom. The highest BCUT2D eigenvalue weighted by Gasteiger charge is 2.17. The van der Waals surface area contributed by atoms with Gasteiger partial charge < -0.3 is 15.7 Å². The van der Waals surface area contributed by atoms with Crippen molar-refractivity contribution >= 4 is 5.96 Å². The highest BCUT2D eigenvalue weighted by molar-refractivity contribution is 5.79. The number of piperidine rings is 1. The quantitative estimate of drug-likeness (QED) is 0.422. The van der Waals surface area contributed by atoms with Crippen LogP contribution in [-0.4, -0.2) is 61.3 Å². The van der Waals surface area contributed by atoms with Crippen molar-refractivity contribution in [3.05, 3.63) is 0 Å². The van der Waals surface area contributed by atoms with Gasteiger partial charge in [-0.25, -0.2) is 0 Å². The maximum absolute atomic E-state index is 9.24. The van der Waals surface area contributed by atoms with Gasteiger partial charge in [-0.2, -0.15) is 0 Å². The third-order valence-corrected chi connectivity index (χ3v) is 4.83. The Bertz CT molecular complexity index is 346. The van der Waals surface area contributed by atoms with E-state index in [4.69, 9.17) is 4.99 Å². The van der Waals surface area contributed by atoms with Crippen LogP contribution in [0.25, 0.3) is 0 Å². The van der Waals surface area contributed by atoms with Gasteiger partial charge in [0.1, 0.15) is 0 Å². The normalized spacial score (nSPS) is 21.1. The topological polar surface area (TPSA) is 59.9 Å². The van der Waals surface area contributed by atoms with Crippen LogP contribution in [0.15, 0.2) is 4.99 Å². The number of hydrogen-bond acceptors (Lipinski definition) is 3. The molecule has 0 amide bonds. The SMILES string of the molecule is CCNC(=NCC(CCO)CC(C)C)NCCN1CCCCC1C. The van der Waals surface area contributed by atoms with Gasteiger partial charge in [0.15, 0.2) is 5.96 Å². The molecule has 0 saturated carbocycles. The average Bonchev–Trinajstić information content (AvgIpc) is 2.54. The zero-order valence-electron chi connectivity index (χ0n) is 16.4. The first-order valence-electron chi connectivity index (χ1n) is 9.93. The molecule has 0 bridgehead atoms. The second-order valence-corrected chi connectivity index (χ2v) is 7.54. The lowest BCUT2D eigenvalue weighted by atomic mass is 9.94. The number of rotatable bonds is 10. The fraction of sp³-hybridized carbons (Fsp3) is 0.947. The van der Waals surface area contributed by atoms with Gasteiger partial charge >= 0.3 is 0 Å². The standard InChI is InChI=1S/C19H40N4O/c1-5-20-19(22-15-18(9-13-24)14-16(2)3)21-10-12-23-11-7-6-8-17(23)4/h16-18,24H,5-15H2,1-4H3,(H2,20,21,22). The summed E-state index contributed by atoms with van der Waals surface area (Å²) in [5, 5.41) is 16.1. The molecule has 1 saturated heterocycles. The zero-order valence-corrected chi connectivity index (χ0v) is 16.4. The van der Waals surface area contributed by atoms with Crippen molar-refractivity contribution in [3.63, 3.8) is 0 Å². The summed E-state index contributed by atoms with van der Waals surface area (Å²) < 4.78 is 0. The van der Waals surface area contributed by atoms with Crippen LogP contribution in [0.5, 0.6) is 0 Å². The molecule has 1 rings (SSSR count). The maximum Gasteiger partial charge on any atom is 0.191 e. The van der Waals surface area contributed by atoms with Gasteiger partial charge in [-0.05, 0) is 57.9 Å². The van der Waals surface area contributed by atoms with Crippen molar-refractivity contribution in [3.8, 4) is 0 Å². The molecule has 0 spiro atoms. The number of hydrogen-bond donors (Lipinski definition) is 3. The van der Waals surface area contributed by atoms with Gasteiger partial charge in [0.25, 0.3) is 0 Å². The van der Waals surface area contributed by atoms with Gasteiger partial charge in [0.05, 0.1) is 0 Å². The first-order chi connectivity index (χ1) is 11.6. The first-order valence-corrected chi connectivity index (χ1v) is 9.93. The minimum absolute atomic E-state index is 0.254. The zero-order chi connectivity index (χ0) is 17.8. The van der Waals surface area contributed by atoms with E-state index in [9.17, 15) is 5.11 Å². The molecule has 0 radical (unpaired) electrons. The summed E-state index contributed by atoms with van der Waals surface area (Å²) in [4.78, 5) is 7.33. The Balaban J connectivity index is 2.42. The van der Waals surface area contributed by atoms with E-state index in [1.165, 1.54) is 25.8 Å². The van der Waals surface area contributed by atoms with Crippen LogP contribution in [-0.2, 0) is 0 Å². The number of nitrogens with zero attached hydrogens (tertiary/aromatic N) is 2. The predicted molar refractivity (Wildman–Crippen MR) is 104 cm³/mol. The Hall–Kier alpha value is -0.810. The third-order valence-electron chi connectivity index (χ3n) is 4.83. The van der Waals surface area contributed by atoms with E-state index in [1.54, 1.807) is 0 Å². The van der Waals surface area contributed by atoms with Crippen molar-refractivity contribution in [1.29, 1.82) is 0 Å². The molecule has 0 aliphatic carbocycles. The third kappa shape index (κ3) is 8.88. The lowest BCUT2D eigenvalue weighted by Crippen LogP contribution is -2.45. The summed E-state index contributed by atoms with van der Waals surface area (Å²) in [7, 11) is 0. The van der Waals surface area contributed by atoms with E-state index >= 15 is 0 Å². The fourth-order valence-electron chi connectivity index (χ4n) is 3.50. The average molecular weight is 341 g/mol. The lowest BCUT2D eigenvalue weighted by molar-refractivity contribution is 0.163. The number of guanidine groups is 1. The van der Waals surface area contributed by atoms with E-state index in [2.05, 4.69) is 43.2 Å². The van der Waals surface area contributed by atoms with Gasteiger partial charge in [0, 0.05) is 38.8 Å². The van der Waals surface area contributed by atoms with Crippen molar-refractivity contribution < 1.29 is 5.11 Å². The van der Waals surface area contributed by atoms with Gasteiger partial charge in [-0.3, -0.25) is 9.89 Å². The van der Waals surface area contributed by atoms with E-state index in [-0.39, 0.29) is 6.61 Å². The van der Waals surface area contributed by atoms with Crippen molar-refractivity contribution in [2.24, 2.45) is 16.8 Å². The molecular weight excluding hydrogens is 300 g/mol. The number of aliphatic hydroxyl groups excluding tert-OH is 1. The molecule has 0 aromatic heterocycles. The number of likely N-dealkylation sites (tertiary alicyclic amines) is 1. The summed E-state index contributed by atoms with van der Waals surface area (Å²) >= 11 is 0. The summed E-state index contributed by atoms with van der Waals surface area (Å²) in [5.41, 5.74) is 0. The number of nitrogens with one attached hydrogen (secondary N) is 2. The van der Waals surface area contributed by atoms with E-state index in [1.807, 2.05) is 0 Å². The lowest BCUT2D eigenvalue weighted by Gasteiger charge is -2.33. The summed E-state index contributed by atoms with van der Waals surface area (Å²) in [6.07, 6.45) is 5.99. The molecule has 1 aliphatic rings. The molecule has 1 aliphatic heterocycles. The summed E-state index contributed by atoms with van der Waals surface area (Å²) in [6.45, 7) is 14.1. The van der Waals surface area contributed by atoms with Crippen molar-refractivity contribution in [2.45, 2.75) is 65.8 Å². The van der Waals surface area contributed by atoms with Crippen molar-refractivity contribution in [2.75, 3.05) is 39.3 Å².